The van der Waals surface area contributed by atoms with Crippen LogP contribution in [0.1, 0.15) is 41.6 Å². The van der Waals surface area contributed by atoms with E-state index in [1.807, 2.05) is 0 Å². The molecule has 9 heteroatoms. The fraction of sp³-hybridized carbons (Fsp3) is 0.381. The molecule has 1 aliphatic heterocycles. The molecule has 1 saturated heterocycles. The summed E-state index contributed by atoms with van der Waals surface area (Å²) in [5.41, 5.74) is 1.05. The lowest BCUT2D eigenvalue weighted by Gasteiger charge is -2.17. The van der Waals surface area contributed by atoms with Gasteiger partial charge in [-0.1, -0.05) is 23.2 Å². The minimum atomic E-state index is -3.46. The molecule has 1 heterocycles. The first-order valence-corrected chi connectivity index (χ1v) is 11.8. The van der Waals surface area contributed by atoms with E-state index in [1.54, 1.807) is 25.1 Å². The summed E-state index contributed by atoms with van der Waals surface area (Å²) in [6.45, 7) is 3.21. The molecule has 6 nitrogen and oxygen atoms in total. The Kier molecular flexibility index (Phi) is 7.29. The number of ketones is 1. The van der Waals surface area contributed by atoms with Crippen LogP contribution in [0.3, 0.4) is 0 Å². The van der Waals surface area contributed by atoms with Gasteiger partial charge in [0.15, 0.2) is 11.5 Å². The molecule has 0 atom stereocenters. The highest BCUT2D eigenvalue weighted by molar-refractivity contribution is 7.89. The SMILES string of the molecule is Cc1cc(S(=O)(=O)N2CCCC2)ccc1OCCCC(=O)c1cc(Cl)c(O)c(Cl)c1. The highest BCUT2D eigenvalue weighted by atomic mass is 35.5. The van der Waals surface area contributed by atoms with Gasteiger partial charge in [-0.15, -0.1) is 0 Å². The van der Waals surface area contributed by atoms with Crippen LogP contribution in [0.25, 0.3) is 0 Å². The monoisotopic (exact) mass is 471 g/mol. The van der Waals surface area contributed by atoms with E-state index >= 15 is 0 Å². The Morgan fingerprint density at radius 3 is 2.37 bits per heavy atom. The Hall–Kier alpha value is -1.80. The van der Waals surface area contributed by atoms with Crippen LogP contribution in [0, 0.1) is 6.92 Å². The summed E-state index contributed by atoms with van der Waals surface area (Å²) in [6, 6.07) is 7.60. The molecule has 1 fully saturated rings. The largest absolute Gasteiger partial charge is 0.505 e. The van der Waals surface area contributed by atoms with Crippen molar-refractivity contribution in [2.75, 3.05) is 19.7 Å². The van der Waals surface area contributed by atoms with Crippen LogP contribution in [0.4, 0.5) is 0 Å². The average molecular weight is 472 g/mol. The lowest BCUT2D eigenvalue weighted by Crippen LogP contribution is -2.27. The van der Waals surface area contributed by atoms with Crippen LogP contribution in [-0.4, -0.2) is 43.3 Å². The second-order valence-corrected chi connectivity index (χ2v) is 9.95. The quantitative estimate of drug-likeness (QED) is 0.439. The molecule has 0 saturated carbocycles. The van der Waals surface area contributed by atoms with Crippen molar-refractivity contribution in [3.05, 3.63) is 51.5 Å². The number of halogens is 2. The minimum absolute atomic E-state index is 0.0293. The van der Waals surface area contributed by atoms with Gasteiger partial charge in [0.2, 0.25) is 10.0 Å². The summed E-state index contributed by atoms with van der Waals surface area (Å²) < 4.78 is 32.5. The van der Waals surface area contributed by atoms with Crippen molar-refractivity contribution < 1.29 is 23.1 Å². The number of carbonyl (C=O) groups is 1. The van der Waals surface area contributed by atoms with Crippen LogP contribution in [0.5, 0.6) is 11.5 Å². The van der Waals surface area contributed by atoms with Crippen molar-refractivity contribution in [1.29, 1.82) is 0 Å². The summed E-state index contributed by atoms with van der Waals surface area (Å²) in [5.74, 6) is 0.175. The number of benzene rings is 2. The molecule has 2 aromatic rings. The standard InChI is InChI=1S/C21H23Cl2NO5S/c1-14-11-16(30(27,28)24-8-2-3-9-24)6-7-20(14)29-10-4-5-19(25)15-12-17(22)21(26)18(23)13-15/h6-7,11-13,26H,2-5,8-10H2,1H3. The molecule has 1 aliphatic rings. The summed E-state index contributed by atoms with van der Waals surface area (Å²) in [6.07, 6.45) is 2.46. The summed E-state index contributed by atoms with van der Waals surface area (Å²) in [4.78, 5) is 12.6. The topological polar surface area (TPSA) is 83.9 Å². The molecule has 1 N–H and O–H groups in total. The summed E-state index contributed by atoms with van der Waals surface area (Å²) >= 11 is 11.7. The lowest BCUT2D eigenvalue weighted by atomic mass is 10.1. The summed E-state index contributed by atoms with van der Waals surface area (Å²) in [7, 11) is -3.46. The number of phenols is 1. The first-order chi connectivity index (χ1) is 14.2. The number of phenolic OH excluding ortho intramolecular Hbond substituents is 1. The molecule has 0 amide bonds. The number of ether oxygens (including phenoxy) is 1. The molecular weight excluding hydrogens is 449 g/mol. The summed E-state index contributed by atoms with van der Waals surface area (Å²) in [5, 5.41) is 9.63. The molecule has 0 spiro atoms. The molecule has 0 aromatic heterocycles. The van der Waals surface area contributed by atoms with Gasteiger partial charge in [-0.2, -0.15) is 4.31 Å². The van der Waals surface area contributed by atoms with Gasteiger partial charge in [-0.3, -0.25) is 4.79 Å². The fourth-order valence-corrected chi connectivity index (χ4v) is 5.40. The molecule has 0 unspecified atom stereocenters. The maximum Gasteiger partial charge on any atom is 0.243 e. The van der Waals surface area contributed by atoms with Gasteiger partial charge in [0.25, 0.3) is 0 Å². The van der Waals surface area contributed by atoms with E-state index < -0.39 is 10.0 Å². The highest BCUT2D eigenvalue weighted by Crippen LogP contribution is 2.33. The lowest BCUT2D eigenvalue weighted by molar-refractivity contribution is 0.0973. The van der Waals surface area contributed by atoms with E-state index in [1.165, 1.54) is 16.4 Å². The Morgan fingerprint density at radius 2 is 1.77 bits per heavy atom. The second-order valence-electron chi connectivity index (χ2n) is 7.20. The van der Waals surface area contributed by atoms with Crippen molar-refractivity contribution in [3.8, 4) is 11.5 Å². The van der Waals surface area contributed by atoms with E-state index in [9.17, 15) is 18.3 Å². The van der Waals surface area contributed by atoms with E-state index in [4.69, 9.17) is 27.9 Å². The third kappa shape index (κ3) is 5.09. The van der Waals surface area contributed by atoms with Crippen LogP contribution >= 0.6 is 23.2 Å². The van der Waals surface area contributed by atoms with E-state index in [0.29, 0.717) is 37.4 Å². The van der Waals surface area contributed by atoms with Crippen LogP contribution in [0.2, 0.25) is 10.0 Å². The number of aryl methyl sites for hydroxylation is 1. The van der Waals surface area contributed by atoms with Crippen molar-refractivity contribution in [3.63, 3.8) is 0 Å². The zero-order chi connectivity index (χ0) is 21.9. The number of aromatic hydroxyl groups is 1. The fourth-order valence-electron chi connectivity index (χ4n) is 3.31. The molecule has 0 radical (unpaired) electrons. The van der Waals surface area contributed by atoms with Gasteiger partial charge in [-0.05, 0) is 62.1 Å². The number of hydrogen-bond donors (Lipinski definition) is 1. The maximum absolute atomic E-state index is 12.7. The predicted molar refractivity (Wildman–Crippen MR) is 116 cm³/mol. The highest BCUT2D eigenvalue weighted by Gasteiger charge is 2.27. The van der Waals surface area contributed by atoms with Crippen molar-refractivity contribution in [2.45, 2.75) is 37.5 Å². The predicted octanol–water partition coefficient (Wildman–Crippen LogP) is 4.83. The maximum atomic E-state index is 12.7. The van der Waals surface area contributed by atoms with Gasteiger partial charge in [0, 0.05) is 25.1 Å². The number of hydrogen-bond acceptors (Lipinski definition) is 5. The van der Waals surface area contributed by atoms with E-state index in [-0.39, 0.29) is 32.9 Å². The molecule has 162 valence electrons. The Bertz CT molecular complexity index is 1030. The van der Waals surface area contributed by atoms with Gasteiger partial charge in [0.1, 0.15) is 5.75 Å². The Balaban J connectivity index is 1.56. The molecule has 0 aliphatic carbocycles. The number of carbonyl (C=O) groups excluding carboxylic acids is 1. The Morgan fingerprint density at radius 1 is 1.13 bits per heavy atom. The van der Waals surface area contributed by atoms with Crippen molar-refractivity contribution in [2.24, 2.45) is 0 Å². The van der Waals surface area contributed by atoms with Gasteiger partial charge in [-0.25, -0.2) is 8.42 Å². The van der Waals surface area contributed by atoms with Gasteiger partial charge >= 0.3 is 0 Å². The number of Topliss-reactive ketones (excluding diaryl/α,β-unsaturated/α-hetero) is 1. The number of nitrogens with zero attached hydrogens (tertiary/aromatic N) is 1. The number of sulfonamides is 1. The first kappa shape index (κ1) is 22.9. The molecule has 30 heavy (non-hydrogen) atoms. The normalized spacial score (nSPS) is 14.8. The number of rotatable bonds is 8. The van der Waals surface area contributed by atoms with Crippen molar-refractivity contribution >= 4 is 39.0 Å². The zero-order valence-corrected chi connectivity index (χ0v) is 18.9. The third-order valence-electron chi connectivity index (χ3n) is 4.99. The molecule has 0 bridgehead atoms. The average Bonchev–Trinajstić information content (AvgIpc) is 3.25. The van der Waals surface area contributed by atoms with Gasteiger partial charge < -0.3 is 9.84 Å². The third-order valence-corrected chi connectivity index (χ3v) is 7.46. The van der Waals surface area contributed by atoms with Crippen LogP contribution in [0.15, 0.2) is 35.2 Å². The van der Waals surface area contributed by atoms with Gasteiger partial charge in [0.05, 0.1) is 21.5 Å². The van der Waals surface area contributed by atoms with Crippen LogP contribution < -0.4 is 4.74 Å². The molecule has 2 aromatic carbocycles. The first-order valence-electron chi connectivity index (χ1n) is 9.65. The zero-order valence-electron chi connectivity index (χ0n) is 16.5. The van der Waals surface area contributed by atoms with E-state index in [2.05, 4.69) is 0 Å². The van der Waals surface area contributed by atoms with Crippen LogP contribution in [-0.2, 0) is 10.0 Å². The second kappa shape index (κ2) is 9.56. The smallest absolute Gasteiger partial charge is 0.243 e. The molecule has 3 rings (SSSR count). The Labute approximate surface area is 186 Å². The molecular formula is C21H23Cl2NO5S. The van der Waals surface area contributed by atoms with E-state index in [0.717, 1.165) is 18.4 Å². The van der Waals surface area contributed by atoms with Crippen molar-refractivity contribution in [1.82, 2.24) is 4.31 Å². The minimum Gasteiger partial charge on any atom is -0.505 e.